The lowest BCUT2D eigenvalue weighted by Gasteiger charge is -2.24. The van der Waals surface area contributed by atoms with Crippen molar-refractivity contribution in [3.05, 3.63) is 35.9 Å². The molecule has 0 aliphatic carbocycles. The highest BCUT2D eigenvalue weighted by atomic mass is 32.2. The van der Waals surface area contributed by atoms with Gasteiger partial charge in [0, 0.05) is 0 Å². The molecule has 8 heteroatoms. The standard InChI is InChI=1S/C20H30N2O5S/c1-14(18(24)27-20(2,3)4)21-17(23)16(11-12-28-5)22-19(25)26-13-15-9-7-6-8-10-15/h6-10,14,16H,11-13H2,1-5H3,(H,21,23)(H,22,25)/t14-,16-/m0/s1. The normalized spacial score (nSPS) is 13.2. The van der Waals surface area contributed by atoms with Crippen LogP contribution in [0.4, 0.5) is 4.79 Å². The Hall–Kier alpha value is -2.22. The first-order valence-corrected chi connectivity index (χ1v) is 10.5. The molecule has 28 heavy (non-hydrogen) atoms. The molecule has 1 aromatic carbocycles. The van der Waals surface area contributed by atoms with E-state index >= 15 is 0 Å². The zero-order chi connectivity index (χ0) is 21.2. The van der Waals surface area contributed by atoms with E-state index in [1.54, 1.807) is 39.5 Å². The highest BCUT2D eigenvalue weighted by Crippen LogP contribution is 2.09. The van der Waals surface area contributed by atoms with Crippen LogP contribution in [-0.4, -0.2) is 47.7 Å². The van der Waals surface area contributed by atoms with Gasteiger partial charge in [-0.3, -0.25) is 4.79 Å². The second kappa shape index (κ2) is 11.6. The summed E-state index contributed by atoms with van der Waals surface area (Å²) in [4.78, 5) is 36.7. The molecule has 1 aromatic rings. The van der Waals surface area contributed by atoms with Crippen LogP contribution in [0.2, 0.25) is 0 Å². The van der Waals surface area contributed by atoms with Crippen LogP contribution in [0.3, 0.4) is 0 Å². The molecule has 0 saturated heterocycles. The van der Waals surface area contributed by atoms with E-state index in [1.165, 1.54) is 0 Å². The number of carbonyl (C=O) groups excluding carboxylic acids is 3. The highest BCUT2D eigenvalue weighted by Gasteiger charge is 2.27. The van der Waals surface area contributed by atoms with E-state index in [-0.39, 0.29) is 6.61 Å². The lowest BCUT2D eigenvalue weighted by Crippen LogP contribution is -2.51. The summed E-state index contributed by atoms with van der Waals surface area (Å²) in [7, 11) is 0. The Morgan fingerprint density at radius 3 is 2.32 bits per heavy atom. The molecule has 0 unspecified atom stereocenters. The Bertz CT molecular complexity index is 646. The monoisotopic (exact) mass is 410 g/mol. The van der Waals surface area contributed by atoms with Crippen LogP contribution in [-0.2, 0) is 25.7 Å². The first-order chi connectivity index (χ1) is 13.1. The topological polar surface area (TPSA) is 93.7 Å². The van der Waals surface area contributed by atoms with Crippen molar-refractivity contribution in [1.29, 1.82) is 0 Å². The molecular weight excluding hydrogens is 380 g/mol. The van der Waals surface area contributed by atoms with Crippen molar-refractivity contribution in [2.24, 2.45) is 0 Å². The lowest BCUT2D eigenvalue weighted by molar-refractivity contribution is -0.158. The molecule has 0 spiro atoms. The van der Waals surface area contributed by atoms with Crippen molar-refractivity contribution in [3.63, 3.8) is 0 Å². The fourth-order valence-electron chi connectivity index (χ4n) is 2.17. The molecule has 0 aromatic heterocycles. The van der Waals surface area contributed by atoms with Crippen LogP contribution in [0.5, 0.6) is 0 Å². The van der Waals surface area contributed by atoms with E-state index in [4.69, 9.17) is 9.47 Å². The average molecular weight is 411 g/mol. The van der Waals surface area contributed by atoms with Crippen LogP contribution in [0, 0.1) is 0 Å². The van der Waals surface area contributed by atoms with Crippen molar-refractivity contribution in [2.45, 2.75) is 58.4 Å². The van der Waals surface area contributed by atoms with Gasteiger partial charge in [-0.05, 0) is 51.7 Å². The minimum atomic E-state index is -0.828. The molecule has 0 aliphatic rings. The number of hydrogen-bond donors (Lipinski definition) is 2. The van der Waals surface area contributed by atoms with Gasteiger partial charge in [0.2, 0.25) is 5.91 Å². The summed E-state index contributed by atoms with van der Waals surface area (Å²) in [5.41, 5.74) is 0.203. The number of alkyl carbamates (subject to hydrolysis) is 1. The maximum atomic E-state index is 12.5. The minimum Gasteiger partial charge on any atom is -0.458 e. The summed E-state index contributed by atoms with van der Waals surface area (Å²) in [6, 6.07) is 7.62. The molecule has 2 atom stereocenters. The van der Waals surface area contributed by atoms with Gasteiger partial charge in [-0.25, -0.2) is 9.59 Å². The molecule has 0 bridgehead atoms. The maximum Gasteiger partial charge on any atom is 0.408 e. The van der Waals surface area contributed by atoms with Crippen molar-refractivity contribution in [2.75, 3.05) is 12.0 Å². The number of esters is 1. The molecular formula is C20H30N2O5S. The summed E-state index contributed by atoms with van der Waals surface area (Å²) in [5, 5.41) is 5.17. The summed E-state index contributed by atoms with van der Waals surface area (Å²) >= 11 is 1.55. The molecule has 2 N–H and O–H groups in total. The third kappa shape index (κ3) is 9.64. The van der Waals surface area contributed by atoms with Gasteiger partial charge in [0.25, 0.3) is 0 Å². The highest BCUT2D eigenvalue weighted by molar-refractivity contribution is 7.98. The summed E-state index contributed by atoms with van der Waals surface area (Å²) in [6.07, 6.45) is 1.63. The summed E-state index contributed by atoms with van der Waals surface area (Å²) < 4.78 is 10.4. The SMILES string of the molecule is CSCC[C@H](NC(=O)OCc1ccccc1)C(=O)N[C@@H](C)C(=O)OC(C)(C)C. The predicted molar refractivity (Wildman–Crippen MR) is 110 cm³/mol. The zero-order valence-corrected chi connectivity index (χ0v) is 17.9. The van der Waals surface area contributed by atoms with Gasteiger partial charge in [0.15, 0.2) is 0 Å². The number of amides is 2. The molecule has 1 rings (SSSR count). The van der Waals surface area contributed by atoms with E-state index in [0.717, 1.165) is 5.56 Å². The van der Waals surface area contributed by atoms with Crippen LogP contribution in [0.25, 0.3) is 0 Å². The number of hydrogen-bond acceptors (Lipinski definition) is 6. The molecule has 156 valence electrons. The van der Waals surface area contributed by atoms with Gasteiger partial charge in [-0.1, -0.05) is 30.3 Å². The van der Waals surface area contributed by atoms with Crippen molar-refractivity contribution in [3.8, 4) is 0 Å². The number of rotatable bonds is 9. The summed E-state index contributed by atoms with van der Waals surface area (Å²) in [6.45, 7) is 6.92. The number of carbonyl (C=O) groups is 3. The quantitative estimate of drug-likeness (QED) is 0.608. The van der Waals surface area contributed by atoms with Crippen molar-refractivity contribution < 1.29 is 23.9 Å². The largest absolute Gasteiger partial charge is 0.458 e. The third-order valence-electron chi connectivity index (χ3n) is 3.55. The Kier molecular flexibility index (Phi) is 9.85. The van der Waals surface area contributed by atoms with Crippen LogP contribution in [0.15, 0.2) is 30.3 Å². The van der Waals surface area contributed by atoms with Crippen molar-refractivity contribution >= 4 is 29.7 Å². The van der Waals surface area contributed by atoms with Crippen LogP contribution in [0.1, 0.15) is 39.7 Å². The molecule has 0 aliphatic heterocycles. The van der Waals surface area contributed by atoms with E-state index in [9.17, 15) is 14.4 Å². The Balaban J connectivity index is 2.60. The molecule has 0 saturated carbocycles. The predicted octanol–water partition coefficient (Wildman–Crippen LogP) is 2.88. The van der Waals surface area contributed by atoms with Gasteiger partial charge < -0.3 is 20.1 Å². The number of nitrogens with one attached hydrogen (secondary N) is 2. The lowest BCUT2D eigenvalue weighted by atomic mass is 10.1. The van der Waals surface area contributed by atoms with Gasteiger partial charge in [-0.2, -0.15) is 11.8 Å². The minimum absolute atomic E-state index is 0.109. The van der Waals surface area contributed by atoms with Crippen LogP contribution >= 0.6 is 11.8 Å². The molecule has 0 heterocycles. The second-order valence-corrected chi connectivity index (χ2v) is 8.29. The fraction of sp³-hybridized carbons (Fsp3) is 0.550. The number of ether oxygens (including phenoxy) is 2. The molecule has 2 amide bonds. The summed E-state index contributed by atoms with van der Waals surface area (Å²) in [5.74, 6) is -0.321. The number of benzene rings is 1. The van der Waals surface area contributed by atoms with Gasteiger partial charge in [-0.15, -0.1) is 0 Å². The second-order valence-electron chi connectivity index (χ2n) is 7.30. The first kappa shape index (κ1) is 23.8. The van der Waals surface area contributed by atoms with E-state index < -0.39 is 35.7 Å². The van der Waals surface area contributed by atoms with Crippen LogP contribution < -0.4 is 10.6 Å². The number of thioether (sulfide) groups is 1. The molecule has 7 nitrogen and oxygen atoms in total. The average Bonchev–Trinajstić information content (AvgIpc) is 2.62. The third-order valence-corrected chi connectivity index (χ3v) is 4.20. The van der Waals surface area contributed by atoms with Gasteiger partial charge in [0.05, 0.1) is 0 Å². The Morgan fingerprint density at radius 1 is 1.11 bits per heavy atom. The van der Waals surface area contributed by atoms with E-state index in [2.05, 4.69) is 10.6 Å². The van der Waals surface area contributed by atoms with Gasteiger partial charge >= 0.3 is 12.1 Å². The first-order valence-electron chi connectivity index (χ1n) is 9.11. The van der Waals surface area contributed by atoms with Gasteiger partial charge in [0.1, 0.15) is 24.3 Å². The Morgan fingerprint density at radius 2 is 1.75 bits per heavy atom. The maximum absolute atomic E-state index is 12.5. The van der Waals surface area contributed by atoms with E-state index in [1.807, 2.05) is 36.6 Å². The molecule has 0 radical (unpaired) electrons. The Labute approximate surface area is 170 Å². The van der Waals surface area contributed by atoms with E-state index in [0.29, 0.717) is 12.2 Å². The zero-order valence-electron chi connectivity index (χ0n) is 17.1. The smallest absolute Gasteiger partial charge is 0.408 e. The van der Waals surface area contributed by atoms with Crippen molar-refractivity contribution in [1.82, 2.24) is 10.6 Å². The fourth-order valence-corrected chi connectivity index (χ4v) is 2.65. The molecule has 0 fully saturated rings.